The van der Waals surface area contributed by atoms with E-state index in [1.807, 2.05) is 6.07 Å². The fourth-order valence-electron chi connectivity index (χ4n) is 3.22. The number of hydrogen-bond donors (Lipinski definition) is 1. The average Bonchev–Trinajstić information content (AvgIpc) is 3.48. The summed E-state index contributed by atoms with van der Waals surface area (Å²) < 4.78 is 36.1. The normalized spacial score (nSPS) is 12.3. The molecule has 10 heteroatoms. The molecule has 0 atom stereocenters. The van der Waals surface area contributed by atoms with Gasteiger partial charge in [-0.05, 0) is 48.0 Å². The van der Waals surface area contributed by atoms with E-state index in [4.69, 9.17) is 4.42 Å². The molecule has 0 aliphatic heterocycles. The fraction of sp³-hybridized carbons (Fsp3) is 0.0800. The minimum atomic E-state index is -2.94. The number of carbonyl (C=O) groups is 1. The Morgan fingerprint density at radius 3 is 2.51 bits per heavy atom. The van der Waals surface area contributed by atoms with Crippen LogP contribution < -0.4 is 24.8 Å². The standard InChI is InChI=1S/C25H17F2N3O4S/c26-25(27)34-18-10-8-16(9-11-18)13-21-23(32)30(17-5-2-1-3-6-17)24(35-21)20(14-28)22(31)29-15-19-7-4-12-33-19/h1-13,25H,15H2,(H,29,31). The molecule has 0 saturated heterocycles. The zero-order valence-corrected chi connectivity index (χ0v) is 18.8. The van der Waals surface area contributed by atoms with E-state index < -0.39 is 18.1 Å². The molecule has 0 fully saturated rings. The average molecular weight is 493 g/mol. The number of carbonyl (C=O) groups excluding carboxylic acids is 1. The summed E-state index contributed by atoms with van der Waals surface area (Å²) in [4.78, 5) is 26.2. The third-order valence-corrected chi connectivity index (χ3v) is 5.89. The fourth-order valence-corrected chi connectivity index (χ4v) is 4.32. The third kappa shape index (κ3) is 5.54. The molecule has 0 radical (unpaired) electrons. The molecular formula is C25H17F2N3O4S. The number of alkyl halides is 2. The number of nitrogens with one attached hydrogen (secondary N) is 1. The molecule has 2 aromatic carbocycles. The minimum Gasteiger partial charge on any atom is -0.467 e. The van der Waals surface area contributed by atoms with Gasteiger partial charge in [-0.2, -0.15) is 14.0 Å². The number of nitriles is 1. The molecule has 4 rings (SSSR count). The summed E-state index contributed by atoms with van der Waals surface area (Å²) in [5.74, 6) is -0.163. The van der Waals surface area contributed by atoms with Crippen LogP contribution in [-0.2, 0) is 11.3 Å². The van der Waals surface area contributed by atoms with E-state index in [-0.39, 0.29) is 27.1 Å². The van der Waals surface area contributed by atoms with Crippen molar-refractivity contribution in [3.8, 4) is 17.5 Å². The first kappa shape index (κ1) is 23.7. The summed E-state index contributed by atoms with van der Waals surface area (Å²) >= 11 is 0.975. The second kappa shape index (κ2) is 10.6. The number of furan rings is 1. The van der Waals surface area contributed by atoms with E-state index >= 15 is 0 Å². The molecule has 0 bridgehead atoms. The zero-order valence-electron chi connectivity index (χ0n) is 18.0. The lowest BCUT2D eigenvalue weighted by Crippen LogP contribution is -2.33. The number of aromatic nitrogens is 1. The van der Waals surface area contributed by atoms with Crippen LogP contribution in [0.15, 0.2) is 82.2 Å². The van der Waals surface area contributed by atoms with Gasteiger partial charge in [-0.3, -0.25) is 14.2 Å². The first-order valence-corrected chi connectivity index (χ1v) is 11.1. The van der Waals surface area contributed by atoms with Gasteiger partial charge in [0.15, 0.2) is 5.57 Å². The maximum atomic E-state index is 13.3. The van der Waals surface area contributed by atoms with Crippen LogP contribution in [0.3, 0.4) is 0 Å². The summed E-state index contributed by atoms with van der Waals surface area (Å²) in [6, 6.07) is 19.7. The Balaban J connectivity index is 1.82. The Hall–Kier alpha value is -4.49. The molecule has 0 aliphatic rings. The monoisotopic (exact) mass is 493 g/mol. The van der Waals surface area contributed by atoms with E-state index in [0.29, 0.717) is 17.0 Å². The molecule has 0 aliphatic carbocycles. The van der Waals surface area contributed by atoms with Gasteiger partial charge in [0.05, 0.1) is 23.0 Å². The first-order chi connectivity index (χ1) is 17.0. The summed E-state index contributed by atoms with van der Waals surface area (Å²) in [5.41, 5.74) is 0.367. The van der Waals surface area contributed by atoms with Gasteiger partial charge in [0.1, 0.15) is 22.2 Å². The van der Waals surface area contributed by atoms with Crippen molar-refractivity contribution in [3.63, 3.8) is 0 Å². The van der Waals surface area contributed by atoms with Crippen LogP contribution in [0.4, 0.5) is 8.78 Å². The number of rotatable bonds is 7. The first-order valence-electron chi connectivity index (χ1n) is 10.2. The maximum absolute atomic E-state index is 13.3. The number of thiazole rings is 1. The summed E-state index contributed by atoms with van der Waals surface area (Å²) in [7, 11) is 0. The number of benzene rings is 2. The maximum Gasteiger partial charge on any atom is 0.387 e. The molecule has 7 nitrogen and oxygen atoms in total. The number of nitrogens with zero attached hydrogens (tertiary/aromatic N) is 2. The Morgan fingerprint density at radius 2 is 1.89 bits per heavy atom. The van der Waals surface area contributed by atoms with Crippen molar-refractivity contribution < 1.29 is 22.7 Å². The predicted octanol–water partition coefficient (Wildman–Crippen LogP) is 2.91. The largest absolute Gasteiger partial charge is 0.467 e. The van der Waals surface area contributed by atoms with Crippen LogP contribution in [-0.4, -0.2) is 17.1 Å². The van der Waals surface area contributed by atoms with Gasteiger partial charge in [0.25, 0.3) is 11.5 Å². The van der Waals surface area contributed by atoms with Crippen molar-refractivity contribution in [3.05, 3.63) is 104 Å². The van der Waals surface area contributed by atoms with Gasteiger partial charge in [-0.15, -0.1) is 11.3 Å². The van der Waals surface area contributed by atoms with Crippen molar-refractivity contribution >= 4 is 28.9 Å². The van der Waals surface area contributed by atoms with Gasteiger partial charge in [0.2, 0.25) is 0 Å². The molecule has 1 amide bonds. The van der Waals surface area contributed by atoms with Crippen LogP contribution in [0.2, 0.25) is 0 Å². The molecule has 35 heavy (non-hydrogen) atoms. The lowest BCUT2D eigenvalue weighted by atomic mass is 10.2. The second-order valence-corrected chi connectivity index (χ2v) is 8.12. The Morgan fingerprint density at radius 1 is 1.14 bits per heavy atom. The lowest BCUT2D eigenvalue weighted by molar-refractivity contribution is -0.115. The SMILES string of the molecule is N#CC(C(=O)NCc1ccco1)=c1sc(=Cc2ccc(OC(F)F)cc2)c(=O)n1-c1ccccc1. The molecule has 2 heterocycles. The zero-order chi connectivity index (χ0) is 24.8. The molecule has 2 aromatic heterocycles. The van der Waals surface area contributed by atoms with Crippen LogP contribution >= 0.6 is 11.3 Å². The topological polar surface area (TPSA) is 97.3 Å². The van der Waals surface area contributed by atoms with Crippen LogP contribution in [0.5, 0.6) is 5.75 Å². The van der Waals surface area contributed by atoms with Crippen molar-refractivity contribution in [1.82, 2.24) is 9.88 Å². The Bertz CT molecular complexity index is 1540. The van der Waals surface area contributed by atoms with Crippen LogP contribution in [0.1, 0.15) is 11.3 Å². The molecule has 0 unspecified atom stereocenters. The summed E-state index contributed by atoms with van der Waals surface area (Å²) in [6.07, 6.45) is 3.02. The molecule has 1 N–H and O–H groups in total. The lowest BCUT2D eigenvalue weighted by Gasteiger charge is -2.04. The molecular weight excluding hydrogens is 476 g/mol. The third-order valence-electron chi connectivity index (χ3n) is 4.80. The van der Waals surface area contributed by atoms with E-state index in [1.165, 1.54) is 35.1 Å². The number of amides is 1. The quantitative estimate of drug-likeness (QED) is 0.427. The summed E-state index contributed by atoms with van der Waals surface area (Å²) in [6.45, 7) is -2.87. The Labute approximate surface area is 201 Å². The smallest absolute Gasteiger partial charge is 0.387 e. The highest BCUT2D eigenvalue weighted by atomic mass is 32.1. The van der Waals surface area contributed by atoms with Crippen LogP contribution in [0, 0.1) is 11.3 Å². The molecule has 0 spiro atoms. The van der Waals surface area contributed by atoms with E-state index in [1.54, 1.807) is 48.5 Å². The summed E-state index contributed by atoms with van der Waals surface area (Å²) in [5, 5.41) is 12.4. The highest BCUT2D eigenvalue weighted by molar-refractivity contribution is 7.07. The van der Waals surface area contributed by atoms with Gasteiger partial charge in [-0.1, -0.05) is 30.3 Å². The highest BCUT2D eigenvalue weighted by Crippen LogP contribution is 2.15. The van der Waals surface area contributed by atoms with E-state index in [9.17, 15) is 23.6 Å². The van der Waals surface area contributed by atoms with Gasteiger partial charge in [0, 0.05) is 0 Å². The molecule has 176 valence electrons. The van der Waals surface area contributed by atoms with Gasteiger partial charge in [-0.25, -0.2) is 0 Å². The van der Waals surface area contributed by atoms with Gasteiger partial charge >= 0.3 is 6.61 Å². The number of halogens is 2. The minimum absolute atomic E-state index is 0.0148. The van der Waals surface area contributed by atoms with Gasteiger partial charge < -0.3 is 14.5 Å². The predicted molar refractivity (Wildman–Crippen MR) is 125 cm³/mol. The highest BCUT2D eigenvalue weighted by Gasteiger charge is 2.17. The van der Waals surface area contributed by atoms with E-state index in [2.05, 4.69) is 10.1 Å². The van der Waals surface area contributed by atoms with Crippen molar-refractivity contribution in [2.24, 2.45) is 0 Å². The van der Waals surface area contributed by atoms with Crippen molar-refractivity contribution in [2.45, 2.75) is 13.2 Å². The number of hydrogen-bond acceptors (Lipinski definition) is 6. The number of para-hydroxylation sites is 1. The van der Waals surface area contributed by atoms with Crippen molar-refractivity contribution in [2.75, 3.05) is 0 Å². The Kier molecular flexibility index (Phi) is 7.18. The van der Waals surface area contributed by atoms with Crippen molar-refractivity contribution in [1.29, 1.82) is 5.26 Å². The van der Waals surface area contributed by atoms with E-state index in [0.717, 1.165) is 11.3 Å². The molecule has 4 aromatic rings. The second-order valence-electron chi connectivity index (χ2n) is 7.09. The van der Waals surface area contributed by atoms with Crippen LogP contribution in [0.25, 0.3) is 17.3 Å². The molecule has 0 saturated carbocycles. The number of ether oxygens (including phenoxy) is 1.